The first-order valence-electron chi connectivity index (χ1n) is 20.9. The topological polar surface area (TPSA) is 178 Å². The second-order valence-corrected chi connectivity index (χ2v) is 17.3. The normalized spacial score (nSPS) is 41.0. The fourth-order valence-corrected chi connectivity index (χ4v) is 9.42. The van der Waals surface area contributed by atoms with Crippen LogP contribution >= 0.6 is 0 Å². The van der Waals surface area contributed by atoms with Gasteiger partial charge in [-0.25, -0.2) is 4.79 Å². The number of aliphatic hydroxyl groups is 3. The Morgan fingerprint density at radius 1 is 0.930 bits per heavy atom. The van der Waals surface area contributed by atoms with E-state index in [4.69, 9.17) is 23.7 Å². The van der Waals surface area contributed by atoms with Crippen LogP contribution in [0.3, 0.4) is 0 Å². The van der Waals surface area contributed by atoms with Crippen molar-refractivity contribution in [3.05, 3.63) is 36.0 Å². The van der Waals surface area contributed by atoms with E-state index in [0.29, 0.717) is 56.9 Å². The number of esters is 1. The van der Waals surface area contributed by atoms with E-state index in [9.17, 15) is 34.5 Å². The maximum absolute atomic E-state index is 14.3. The number of carbonyl (C=O) groups excluding carboxylic acids is 4. The van der Waals surface area contributed by atoms with E-state index in [0.717, 1.165) is 5.57 Å². The van der Waals surface area contributed by atoms with Gasteiger partial charge in [-0.3, -0.25) is 14.4 Å². The summed E-state index contributed by atoms with van der Waals surface area (Å²) in [5, 5.41) is 34.1. The lowest BCUT2D eigenvalue weighted by atomic mass is 9.81. The van der Waals surface area contributed by atoms with Crippen LogP contribution in [0.2, 0.25) is 0 Å². The van der Waals surface area contributed by atoms with Gasteiger partial charge in [0, 0.05) is 52.0 Å². The number of rotatable bonds is 7. The van der Waals surface area contributed by atoms with Crippen LogP contribution in [0.25, 0.3) is 0 Å². The summed E-state index contributed by atoms with van der Waals surface area (Å²) in [6.45, 7) is 13.1. The first-order chi connectivity index (χ1) is 27.0. The molecule has 0 unspecified atom stereocenters. The molecule has 3 fully saturated rings. The number of ether oxygens (including phenoxy) is 5. The van der Waals surface area contributed by atoms with Gasteiger partial charge in [-0.2, -0.15) is 0 Å². The van der Waals surface area contributed by atoms with Crippen molar-refractivity contribution in [1.82, 2.24) is 4.90 Å². The molecule has 0 radical (unpaired) electrons. The number of nitrogens with zero attached hydrogens (tertiary/aromatic N) is 1. The van der Waals surface area contributed by atoms with Gasteiger partial charge in [0.05, 0.1) is 30.5 Å². The SMILES string of the molecule is C=CC[C@H]1/C=C(/C)C[C@@H](C)C[C@@H](OC)[C@@H]2O[C@@](O)(C(=O)C(=O)N3CCCC[C@H]3C(=O)O[C@H](/C(C)=C/[C@@H]3CC[C@@H](O)[C@H](OC)C3)[C@H](C)[C@@H](O)CC1=O)[C@H](C)C[C@@H]2OC. The minimum atomic E-state index is -2.51. The van der Waals surface area contributed by atoms with Crippen LogP contribution in [0.1, 0.15) is 105 Å². The highest BCUT2D eigenvalue weighted by Crippen LogP contribution is 2.39. The summed E-state index contributed by atoms with van der Waals surface area (Å²) in [6.07, 6.45) is 4.93. The maximum Gasteiger partial charge on any atom is 0.329 e. The lowest BCUT2D eigenvalue weighted by Gasteiger charge is -2.47. The third kappa shape index (κ3) is 11.3. The number of Topliss-reactive ketones (excluding diaryl/α,β-unsaturated/α-hetero) is 2. The van der Waals surface area contributed by atoms with Crippen molar-refractivity contribution in [1.29, 1.82) is 0 Å². The van der Waals surface area contributed by atoms with E-state index in [2.05, 4.69) is 6.58 Å². The smallest absolute Gasteiger partial charge is 0.329 e. The van der Waals surface area contributed by atoms with Gasteiger partial charge in [0.15, 0.2) is 0 Å². The van der Waals surface area contributed by atoms with Gasteiger partial charge in [-0.05, 0) is 95.5 Å². The molecule has 1 saturated carbocycles. The van der Waals surface area contributed by atoms with Crippen molar-refractivity contribution in [3.63, 3.8) is 0 Å². The number of carbonyl (C=O) groups is 4. The minimum absolute atomic E-state index is 0.00988. The molecule has 1 amide bonds. The molecule has 3 N–H and O–H groups in total. The summed E-state index contributed by atoms with van der Waals surface area (Å²) in [5.41, 5.74) is 1.61. The van der Waals surface area contributed by atoms with Gasteiger partial charge in [-0.15, -0.1) is 6.58 Å². The summed E-state index contributed by atoms with van der Waals surface area (Å²) in [7, 11) is 4.61. The maximum atomic E-state index is 14.3. The predicted molar refractivity (Wildman–Crippen MR) is 213 cm³/mol. The zero-order chi connectivity index (χ0) is 42.2. The van der Waals surface area contributed by atoms with Crippen molar-refractivity contribution >= 4 is 23.4 Å². The molecule has 13 heteroatoms. The fourth-order valence-electron chi connectivity index (χ4n) is 9.42. The Labute approximate surface area is 339 Å². The number of hydrogen-bond acceptors (Lipinski definition) is 12. The summed E-state index contributed by atoms with van der Waals surface area (Å²) in [4.78, 5) is 57.8. The number of amides is 1. The summed E-state index contributed by atoms with van der Waals surface area (Å²) in [5.74, 6) is -7.76. The molecule has 0 aromatic heterocycles. The molecule has 0 spiro atoms. The van der Waals surface area contributed by atoms with Crippen molar-refractivity contribution in [2.75, 3.05) is 27.9 Å². The Morgan fingerprint density at radius 3 is 2.25 bits per heavy atom. The largest absolute Gasteiger partial charge is 0.456 e. The highest BCUT2D eigenvalue weighted by atomic mass is 16.7. The van der Waals surface area contributed by atoms with Crippen LogP contribution in [0.5, 0.6) is 0 Å². The van der Waals surface area contributed by atoms with Gasteiger partial charge in [0.25, 0.3) is 11.7 Å². The average molecular weight is 804 g/mol. The predicted octanol–water partition coefficient (Wildman–Crippen LogP) is 4.64. The summed E-state index contributed by atoms with van der Waals surface area (Å²) < 4.78 is 29.7. The number of ketones is 2. The van der Waals surface area contributed by atoms with Crippen LogP contribution in [0.4, 0.5) is 0 Å². The van der Waals surface area contributed by atoms with Crippen LogP contribution in [0.15, 0.2) is 36.0 Å². The van der Waals surface area contributed by atoms with Crippen molar-refractivity contribution in [2.45, 2.75) is 160 Å². The molecule has 0 aromatic rings. The number of methoxy groups -OCH3 is 3. The number of cyclic esters (lactones) is 1. The minimum Gasteiger partial charge on any atom is -0.456 e. The fraction of sp³-hybridized carbons (Fsp3) is 0.773. The third-order valence-electron chi connectivity index (χ3n) is 12.9. The lowest BCUT2D eigenvalue weighted by molar-refractivity contribution is -0.302. The van der Waals surface area contributed by atoms with Crippen LogP contribution in [-0.4, -0.2) is 126 Å². The Bertz CT molecular complexity index is 1480. The van der Waals surface area contributed by atoms with E-state index >= 15 is 0 Å². The Balaban J connectivity index is 1.78. The van der Waals surface area contributed by atoms with E-state index < -0.39 is 83.9 Å². The van der Waals surface area contributed by atoms with E-state index in [-0.39, 0.29) is 49.5 Å². The first-order valence-corrected chi connectivity index (χ1v) is 20.9. The molecule has 14 atom stereocenters. The number of fused-ring (bicyclic) bond motifs is 3. The van der Waals surface area contributed by atoms with Crippen LogP contribution in [0, 0.1) is 29.6 Å². The zero-order valence-corrected chi connectivity index (χ0v) is 35.4. The van der Waals surface area contributed by atoms with Crippen LogP contribution < -0.4 is 0 Å². The molecule has 0 aromatic carbocycles. The number of piperidine rings is 1. The highest BCUT2D eigenvalue weighted by molar-refractivity contribution is 6.39. The molecule has 3 heterocycles. The zero-order valence-electron chi connectivity index (χ0n) is 35.4. The number of hydrogen-bond donors (Lipinski definition) is 3. The quantitative estimate of drug-likeness (QED) is 0.185. The van der Waals surface area contributed by atoms with Gasteiger partial charge in [-0.1, -0.05) is 44.6 Å². The number of allylic oxidation sites excluding steroid dienone is 4. The first kappa shape index (κ1) is 46.9. The Morgan fingerprint density at radius 2 is 1.60 bits per heavy atom. The molecule has 3 aliphatic heterocycles. The molecule has 4 rings (SSSR count). The summed E-state index contributed by atoms with van der Waals surface area (Å²) in [6, 6.07) is -1.14. The van der Waals surface area contributed by atoms with Gasteiger partial charge in [0.2, 0.25) is 5.79 Å². The monoisotopic (exact) mass is 803 g/mol. The van der Waals surface area contributed by atoms with Crippen molar-refractivity contribution in [3.8, 4) is 0 Å². The van der Waals surface area contributed by atoms with E-state index in [1.807, 2.05) is 32.9 Å². The summed E-state index contributed by atoms with van der Waals surface area (Å²) >= 11 is 0. The Kier molecular flexibility index (Phi) is 17.2. The van der Waals surface area contributed by atoms with Gasteiger partial charge >= 0.3 is 5.97 Å². The average Bonchev–Trinajstić information content (AvgIpc) is 3.18. The standard InChI is InChI=1S/C44H69NO12/c1-10-13-31-19-25(2)18-26(3)20-37(54-8)40-38(55-9)22-28(5)44(52,57-40)41(49)42(50)45-17-12-11-14-32(45)43(51)56-39(29(6)34(47)24-35(31)48)27(4)21-30-15-16-33(46)36(23-30)53-7/h10,19,21,26,28-34,36-40,46-47,52H,1,11-18,20,22-24H2,2-9H3/b25-19-,27-21+/t26-,28-,29-,30+,31+,32+,33-,34+,36-,37-,38+,39-,40+,44-/m1/s1. The molecule has 13 nitrogen and oxygen atoms in total. The highest BCUT2D eigenvalue weighted by Gasteiger charge is 2.56. The molecule has 2 saturated heterocycles. The van der Waals surface area contributed by atoms with Crippen molar-refractivity contribution < 1.29 is 58.2 Å². The number of aliphatic hydroxyl groups excluding tert-OH is 2. The third-order valence-corrected chi connectivity index (χ3v) is 12.9. The molecular weight excluding hydrogens is 734 g/mol. The second-order valence-electron chi connectivity index (χ2n) is 17.3. The van der Waals surface area contributed by atoms with Gasteiger partial charge < -0.3 is 43.9 Å². The molecule has 322 valence electrons. The molecule has 4 aliphatic rings. The van der Waals surface area contributed by atoms with Crippen molar-refractivity contribution in [2.24, 2.45) is 29.6 Å². The van der Waals surface area contributed by atoms with E-state index in [1.165, 1.54) is 19.1 Å². The van der Waals surface area contributed by atoms with Crippen LogP contribution in [-0.2, 0) is 42.9 Å². The second kappa shape index (κ2) is 21.0. The molecule has 1 aliphatic carbocycles. The Hall–Kier alpha value is -2.78. The molecule has 57 heavy (non-hydrogen) atoms. The van der Waals surface area contributed by atoms with Gasteiger partial charge in [0.1, 0.15) is 24.0 Å². The lowest BCUT2D eigenvalue weighted by Crippen LogP contribution is -2.64. The van der Waals surface area contributed by atoms with E-state index in [1.54, 1.807) is 27.0 Å². The molecular formula is C44H69NO12. The molecule has 2 bridgehead atoms.